The summed E-state index contributed by atoms with van der Waals surface area (Å²) in [6.45, 7) is 0. The molecule has 0 spiro atoms. The summed E-state index contributed by atoms with van der Waals surface area (Å²) < 4.78 is 64.1. The molecule has 0 bridgehead atoms. The molecule has 21 heavy (non-hydrogen) atoms. The fraction of sp³-hybridized carbons (Fsp3) is 0.0833. The molecule has 7 nitrogen and oxygen atoms in total. The van der Waals surface area contributed by atoms with Crippen molar-refractivity contribution < 1.29 is 25.9 Å². The van der Waals surface area contributed by atoms with Crippen molar-refractivity contribution in [1.29, 1.82) is 0 Å². The minimum Gasteiger partial charge on any atom is -0.282 e. The Kier molecular flexibility index (Phi) is 2.92. The number of hydrogen-bond donors (Lipinski definition) is 2. The van der Waals surface area contributed by atoms with Gasteiger partial charge in [0.05, 0.1) is 15.2 Å². The number of rotatable bonds is 2. The van der Waals surface area contributed by atoms with Crippen LogP contribution >= 0.6 is 0 Å². The van der Waals surface area contributed by atoms with E-state index < -0.39 is 36.5 Å². The van der Waals surface area contributed by atoms with E-state index in [1.54, 1.807) is 12.1 Å². The van der Waals surface area contributed by atoms with Gasteiger partial charge in [-0.05, 0) is 29.0 Å². The highest BCUT2D eigenvalue weighted by Gasteiger charge is 2.28. The molecule has 1 aromatic rings. The molecule has 9 heteroatoms. The molecule has 0 radical (unpaired) electrons. The summed E-state index contributed by atoms with van der Waals surface area (Å²) in [6.07, 6.45) is 3.69. The van der Waals surface area contributed by atoms with Gasteiger partial charge in [0.25, 0.3) is 20.2 Å². The standard InChI is InChI=1S/C12H9NO6S2/c14-20(15,16)7-5-10-8-3-4-13-11(8)2-1-9(10)12(6-7)21(17,18)19/h1-5H,6H2,(H,14,15,16)(H,17,18,19). The zero-order valence-electron chi connectivity index (χ0n) is 10.4. The molecule has 1 heterocycles. The predicted molar refractivity (Wildman–Crippen MR) is 75.4 cm³/mol. The van der Waals surface area contributed by atoms with Gasteiger partial charge in [-0.1, -0.05) is 6.07 Å². The van der Waals surface area contributed by atoms with E-state index in [2.05, 4.69) is 4.99 Å². The lowest BCUT2D eigenvalue weighted by Crippen LogP contribution is -2.26. The maximum atomic E-state index is 11.5. The van der Waals surface area contributed by atoms with E-state index in [1.807, 2.05) is 0 Å². The Balaban J connectivity index is 2.49. The Labute approximate surface area is 120 Å². The first kappa shape index (κ1) is 14.1. The Morgan fingerprint density at radius 2 is 1.71 bits per heavy atom. The van der Waals surface area contributed by atoms with Gasteiger partial charge >= 0.3 is 0 Å². The number of benzene rings is 1. The summed E-state index contributed by atoms with van der Waals surface area (Å²) in [4.78, 5) is 3.09. The third-order valence-corrected chi connectivity index (χ3v) is 5.21. The van der Waals surface area contributed by atoms with Crippen molar-refractivity contribution in [3.05, 3.63) is 44.9 Å². The van der Waals surface area contributed by atoms with Gasteiger partial charge < -0.3 is 0 Å². The van der Waals surface area contributed by atoms with Crippen molar-refractivity contribution in [3.63, 3.8) is 0 Å². The summed E-state index contributed by atoms with van der Waals surface area (Å²) in [5.41, 5.74) is 0.825. The lowest BCUT2D eigenvalue weighted by Gasteiger charge is -2.15. The van der Waals surface area contributed by atoms with Crippen molar-refractivity contribution in [2.24, 2.45) is 4.99 Å². The lowest BCUT2D eigenvalue weighted by molar-refractivity contribution is 0.490. The van der Waals surface area contributed by atoms with Gasteiger partial charge in [-0.15, -0.1) is 0 Å². The summed E-state index contributed by atoms with van der Waals surface area (Å²) in [6, 6.07) is 3.02. The molecule has 0 aromatic heterocycles. The molecule has 3 rings (SSSR count). The van der Waals surface area contributed by atoms with Crippen molar-refractivity contribution >= 4 is 37.3 Å². The van der Waals surface area contributed by atoms with Crippen LogP contribution in [0, 0.1) is 0 Å². The predicted octanol–water partition coefficient (Wildman–Crippen LogP) is -0.0811. The van der Waals surface area contributed by atoms with E-state index in [0.29, 0.717) is 10.9 Å². The average Bonchev–Trinajstić information content (AvgIpc) is 2.83. The minimum atomic E-state index is -4.60. The second-order valence-electron chi connectivity index (χ2n) is 4.57. The topological polar surface area (TPSA) is 121 Å². The van der Waals surface area contributed by atoms with Crippen LogP contribution < -0.4 is 10.6 Å². The fourth-order valence-electron chi connectivity index (χ4n) is 2.36. The molecular weight excluding hydrogens is 318 g/mol. The van der Waals surface area contributed by atoms with Gasteiger partial charge in [-0.25, -0.2) is 0 Å². The first-order valence-corrected chi connectivity index (χ1v) is 8.62. The van der Waals surface area contributed by atoms with Crippen LogP contribution in [0.1, 0.15) is 17.5 Å². The summed E-state index contributed by atoms with van der Waals surface area (Å²) in [5.74, 6) is 0. The smallest absolute Gasteiger partial charge is 0.282 e. The average molecular weight is 327 g/mol. The van der Waals surface area contributed by atoms with Crippen molar-refractivity contribution in [2.45, 2.75) is 6.42 Å². The molecule has 1 aromatic carbocycles. The molecule has 0 fully saturated rings. The maximum absolute atomic E-state index is 11.5. The van der Waals surface area contributed by atoms with E-state index in [1.165, 1.54) is 18.3 Å². The van der Waals surface area contributed by atoms with Crippen LogP contribution in [-0.4, -0.2) is 25.9 Å². The third-order valence-electron chi connectivity index (χ3n) is 3.30. The molecule has 2 aliphatic rings. The first-order chi connectivity index (χ1) is 9.68. The Morgan fingerprint density at radius 1 is 1.00 bits per heavy atom. The van der Waals surface area contributed by atoms with Gasteiger partial charge in [0.15, 0.2) is 0 Å². The third kappa shape index (κ3) is 2.33. The molecule has 0 atom stereocenters. The lowest BCUT2D eigenvalue weighted by atomic mass is 9.99. The van der Waals surface area contributed by atoms with Crippen molar-refractivity contribution in [3.8, 4) is 0 Å². The molecule has 2 N–H and O–H groups in total. The van der Waals surface area contributed by atoms with Crippen LogP contribution in [0.25, 0.3) is 17.1 Å². The van der Waals surface area contributed by atoms with Gasteiger partial charge in [0, 0.05) is 18.2 Å². The van der Waals surface area contributed by atoms with Crippen molar-refractivity contribution in [2.75, 3.05) is 0 Å². The van der Waals surface area contributed by atoms with E-state index in [9.17, 15) is 25.9 Å². The molecule has 1 aliphatic heterocycles. The highest BCUT2D eigenvalue weighted by atomic mass is 32.2. The van der Waals surface area contributed by atoms with Gasteiger partial charge in [-0.3, -0.25) is 14.1 Å². The molecule has 110 valence electrons. The Bertz CT molecular complexity index is 1050. The molecule has 0 saturated heterocycles. The molecule has 0 saturated carbocycles. The van der Waals surface area contributed by atoms with Crippen LogP contribution in [0.3, 0.4) is 0 Å². The largest absolute Gasteiger partial charge is 0.291 e. The number of fused-ring (bicyclic) bond motifs is 3. The second kappa shape index (κ2) is 4.34. The summed E-state index contributed by atoms with van der Waals surface area (Å²) >= 11 is 0. The minimum absolute atomic E-state index is 0.199. The molecule has 0 amide bonds. The molecule has 1 aliphatic carbocycles. The van der Waals surface area contributed by atoms with Crippen LogP contribution in [0.5, 0.6) is 0 Å². The SMILES string of the molecule is O=S(=O)(O)C1=Cc2c3c(ccc2=C(S(=O)(=O)O)C1)=NC=C3. The van der Waals surface area contributed by atoms with Gasteiger partial charge in [0.1, 0.15) is 0 Å². The second-order valence-corrected chi connectivity index (χ2v) is 7.48. The summed E-state index contributed by atoms with van der Waals surface area (Å²) in [5, 5.41) is 0.752. The number of allylic oxidation sites excluding steroid dienone is 1. The van der Waals surface area contributed by atoms with E-state index in [-0.39, 0.29) is 10.8 Å². The maximum Gasteiger partial charge on any atom is 0.291 e. The van der Waals surface area contributed by atoms with Crippen LogP contribution in [0.2, 0.25) is 0 Å². The normalized spacial score (nSPS) is 17.0. The number of hydrogen-bond acceptors (Lipinski definition) is 5. The summed E-state index contributed by atoms with van der Waals surface area (Å²) in [7, 11) is -9.17. The van der Waals surface area contributed by atoms with Gasteiger partial charge in [-0.2, -0.15) is 16.8 Å². The zero-order chi connectivity index (χ0) is 15.4. The monoisotopic (exact) mass is 327 g/mol. The van der Waals surface area contributed by atoms with E-state index in [4.69, 9.17) is 0 Å². The first-order valence-electron chi connectivity index (χ1n) is 5.74. The molecule has 0 unspecified atom stereocenters. The van der Waals surface area contributed by atoms with E-state index >= 15 is 0 Å². The number of nitrogens with zero attached hydrogens (tertiary/aromatic N) is 1. The van der Waals surface area contributed by atoms with E-state index in [0.717, 1.165) is 0 Å². The van der Waals surface area contributed by atoms with Crippen LogP contribution in [0.15, 0.2) is 28.2 Å². The zero-order valence-corrected chi connectivity index (χ0v) is 12.0. The van der Waals surface area contributed by atoms with Gasteiger partial charge in [0.2, 0.25) is 0 Å². The fourth-order valence-corrected chi connectivity index (χ4v) is 3.84. The molecular formula is C12H9NO6S2. The Hall–Kier alpha value is -1.81. The van der Waals surface area contributed by atoms with Crippen LogP contribution in [0.4, 0.5) is 0 Å². The highest BCUT2D eigenvalue weighted by molar-refractivity contribution is 7.95. The quantitative estimate of drug-likeness (QED) is 0.733. The highest BCUT2D eigenvalue weighted by Crippen LogP contribution is 2.27. The Morgan fingerprint density at radius 3 is 2.33 bits per heavy atom. The van der Waals surface area contributed by atoms with Crippen molar-refractivity contribution in [1.82, 2.24) is 0 Å². The van der Waals surface area contributed by atoms with Crippen LogP contribution in [-0.2, 0) is 20.2 Å².